The van der Waals surface area contributed by atoms with Gasteiger partial charge in [-0.25, -0.2) is 4.79 Å². The Kier molecular flexibility index (Phi) is 12.7. The van der Waals surface area contributed by atoms with Crippen LogP contribution in [0, 0.1) is 0 Å². The number of hydrogen-bond donors (Lipinski definition) is 0. The van der Waals surface area contributed by atoms with E-state index < -0.39 is 40.7 Å². The van der Waals surface area contributed by atoms with E-state index in [1.807, 2.05) is 0 Å². The molecule has 0 N–H and O–H groups in total. The van der Waals surface area contributed by atoms with E-state index in [1.165, 1.54) is 24.3 Å². The van der Waals surface area contributed by atoms with Gasteiger partial charge < -0.3 is 4.74 Å². The highest BCUT2D eigenvalue weighted by Crippen LogP contribution is 2.49. The maximum Gasteiger partial charge on any atom is 0.410 e. The molecule has 1 aromatic rings. The van der Waals surface area contributed by atoms with Gasteiger partial charge in [0.2, 0.25) is 0 Å². The summed E-state index contributed by atoms with van der Waals surface area (Å²) in [5.74, 6) is -18.7. The minimum atomic E-state index is -5.88. The van der Waals surface area contributed by atoms with Crippen molar-refractivity contribution >= 4 is 40.2 Å². The summed E-state index contributed by atoms with van der Waals surface area (Å²) in [6.07, 6.45) is 4.81. The number of esters is 1. The van der Waals surface area contributed by atoms with Crippen LogP contribution in [0.2, 0.25) is 0 Å². The molecule has 0 heterocycles. The van der Waals surface area contributed by atoms with Crippen LogP contribution in [0.3, 0.4) is 0 Å². The number of halogens is 8. The summed E-state index contributed by atoms with van der Waals surface area (Å²) in [5, 5.41) is 0. The number of hydrogen-bond acceptors (Lipinski definition) is 2. The standard InChI is InChI=1S/C22H28ClF6IO2/c23-14-10-5-3-1-2-4-9-13-18(30)15-20(24,25)22(28,29)21(26,27)19(31)32-16-17-11-7-6-8-12-17/h6-8,11-12,18H,1-5,9-10,13-16H2. The molecule has 184 valence electrons. The Hall–Kier alpha value is -0.710. The van der Waals surface area contributed by atoms with E-state index in [1.54, 1.807) is 28.7 Å². The van der Waals surface area contributed by atoms with Gasteiger partial charge in [0.25, 0.3) is 0 Å². The summed E-state index contributed by atoms with van der Waals surface area (Å²) in [6.45, 7) is -0.725. The van der Waals surface area contributed by atoms with Gasteiger partial charge in [0.15, 0.2) is 0 Å². The molecule has 0 bridgehead atoms. The lowest BCUT2D eigenvalue weighted by atomic mass is 9.98. The van der Waals surface area contributed by atoms with Crippen LogP contribution in [0.5, 0.6) is 0 Å². The number of alkyl halides is 8. The molecule has 2 nitrogen and oxygen atoms in total. The number of unbranched alkanes of at least 4 members (excludes halogenated alkanes) is 6. The number of carbonyl (C=O) groups is 1. The summed E-state index contributed by atoms with van der Waals surface area (Å²) in [5.41, 5.74) is 0.262. The highest BCUT2D eigenvalue weighted by atomic mass is 127. The Morgan fingerprint density at radius 3 is 2.00 bits per heavy atom. The second-order valence-electron chi connectivity index (χ2n) is 7.67. The largest absolute Gasteiger partial charge is 0.456 e. The molecule has 0 aromatic heterocycles. The van der Waals surface area contributed by atoms with Crippen molar-refractivity contribution < 1.29 is 35.9 Å². The van der Waals surface area contributed by atoms with Crippen LogP contribution in [0.1, 0.15) is 63.4 Å². The molecule has 0 saturated carbocycles. The number of benzene rings is 1. The van der Waals surface area contributed by atoms with E-state index >= 15 is 0 Å². The fourth-order valence-electron chi connectivity index (χ4n) is 3.02. The van der Waals surface area contributed by atoms with Gasteiger partial charge in [-0.1, -0.05) is 91.4 Å². The molecule has 0 saturated heterocycles. The zero-order valence-corrected chi connectivity index (χ0v) is 20.5. The predicted molar refractivity (Wildman–Crippen MR) is 121 cm³/mol. The zero-order valence-electron chi connectivity index (χ0n) is 17.6. The lowest BCUT2D eigenvalue weighted by Crippen LogP contribution is -2.58. The van der Waals surface area contributed by atoms with Crippen molar-refractivity contribution in [1.29, 1.82) is 0 Å². The van der Waals surface area contributed by atoms with Crippen LogP contribution in [-0.4, -0.2) is 33.5 Å². The predicted octanol–water partition coefficient (Wildman–Crippen LogP) is 8.19. The molecule has 0 fully saturated rings. The molecule has 1 unspecified atom stereocenters. The van der Waals surface area contributed by atoms with E-state index in [4.69, 9.17) is 11.6 Å². The third kappa shape index (κ3) is 8.91. The summed E-state index contributed by atoms with van der Waals surface area (Å²) >= 11 is 7.15. The second kappa shape index (κ2) is 13.9. The third-order valence-corrected chi connectivity index (χ3v) is 6.28. The molecule has 1 atom stereocenters. The van der Waals surface area contributed by atoms with Gasteiger partial charge in [-0.2, -0.15) is 26.3 Å². The van der Waals surface area contributed by atoms with Crippen LogP contribution in [-0.2, 0) is 16.1 Å². The number of ether oxygens (including phenoxy) is 1. The first-order valence-electron chi connectivity index (χ1n) is 10.5. The molecule has 0 aliphatic carbocycles. The van der Waals surface area contributed by atoms with Crippen LogP contribution in [0.15, 0.2) is 30.3 Å². The van der Waals surface area contributed by atoms with Gasteiger partial charge in [-0.05, 0) is 18.4 Å². The lowest BCUT2D eigenvalue weighted by molar-refractivity contribution is -0.306. The normalized spacial score (nSPS) is 13.8. The van der Waals surface area contributed by atoms with Crippen molar-refractivity contribution in [3.63, 3.8) is 0 Å². The Morgan fingerprint density at radius 1 is 0.906 bits per heavy atom. The molecule has 0 amide bonds. The van der Waals surface area contributed by atoms with E-state index in [2.05, 4.69) is 4.74 Å². The molecule has 1 aromatic carbocycles. The Labute approximate surface area is 203 Å². The first kappa shape index (κ1) is 29.3. The maximum atomic E-state index is 14.2. The smallest absolute Gasteiger partial charge is 0.410 e. The molecule has 1 rings (SSSR count). The average molecular weight is 601 g/mol. The van der Waals surface area contributed by atoms with Crippen molar-refractivity contribution in [3.8, 4) is 0 Å². The maximum absolute atomic E-state index is 14.2. The minimum absolute atomic E-state index is 0.192. The quantitative estimate of drug-likeness (QED) is 0.0629. The Bertz CT molecular complexity index is 676. The van der Waals surface area contributed by atoms with Crippen molar-refractivity contribution in [2.45, 2.75) is 86.1 Å². The first-order valence-corrected chi connectivity index (χ1v) is 12.3. The number of rotatable bonds is 16. The van der Waals surface area contributed by atoms with Gasteiger partial charge >= 0.3 is 23.7 Å². The van der Waals surface area contributed by atoms with Crippen molar-refractivity contribution in [3.05, 3.63) is 35.9 Å². The van der Waals surface area contributed by atoms with Gasteiger partial charge in [0.1, 0.15) is 6.61 Å². The summed E-state index contributed by atoms with van der Waals surface area (Å²) in [4.78, 5) is 11.6. The highest BCUT2D eigenvalue weighted by Gasteiger charge is 2.75. The fourth-order valence-corrected chi connectivity index (χ4v) is 4.21. The van der Waals surface area contributed by atoms with Gasteiger partial charge in [0.05, 0.1) is 0 Å². The van der Waals surface area contributed by atoms with Gasteiger partial charge in [-0.15, -0.1) is 11.6 Å². The van der Waals surface area contributed by atoms with E-state index in [-0.39, 0.29) is 12.0 Å². The second-order valence-corrected chi connectivity index (χ2v) is 9.81. The summed E-state index contributed by atoms with van der Waals surface area (Å²) < 4.78 is 87.8. The van der Waals surface area contributed by atoms with Crippen LogP contribution in [0.25, 0.3) is 0 Å². The molecule has 0 radical (unpaired) electrons. The number of carbonyl (C=O) groups excluding carboxylic acids is 1. The topological polar surface area (TPSA) is 26.3 Å². The SMILES string of the molecule is O=C(OCc1ccccc1)C(F)(F)C(F)(F)C(F)(F)CC(I)CCCCCCCCCCl. The lowest BCUT2D eigenvalue weighted by Gasteiger charge is -2.32. The first-order chi connectivity index (χ1) is 15.0. The molecular formula is C22H28ClF6IO2. The van der Waals surface area contributed by atoms with Gasteiger partial charge in [-0.3, -0.25) is 0 Å². The average Bonchev–Trinajstić information content (AvgIpc) is 2.74. The minimum Gasteiger partial charge on any atom is -0.456 e. The third-order valence-electron chi connectivity index (χ3n) is 4.95. The van der Waals surface area contributed by atoms with E-state index in [9.17, 15) is 31.1 Å². The van der Waals surface area contributed by atoms with Crippen molar-refractivity contribution in [2.24, 2.45) is 0 Å². The molecule has 0 aliphatic heterocycles. The summed E-state index contributed by atoms with van der Waals surface area (Å²) in [7, 11) is 0. The van der Waals surface area contributed by atoms with E-state index in [0.29, 0.717) is 12.3 Å². The molecule has 0 aliphatic rings. The molecule has 0 spiro atoms. The zero-order chi connectivity index (χ0) is 24.3. The van der Waals surface area contributed by atoms with E-state index in [0.717, 1.165) is 38.5 Å². The monoisotopic (exact) mass is 600 g/mol. The Balaban J connectivity index is 2.54. The molecule has 10 heteroatoms. The molecule has 32 heavy (non-hydrogen) atoms. The van der Waals surface area contributed by atoms with Crippen LogP contribution < -0.4 is 0 Å². The van der Waals surface area contributed by atoms with Gasteiger partial charge in [0, 0.05) is 16.2 Å². The Morgan fingerprint density at radius 2 is 1.44 bits per heavy atom. The summed E-state index contributed by atoms with van der Waals surface area (Å²) in [6, 6.07) is 7.48. The van der Waals surface area contributed by atoms with Crippen molar-refractivity contribution in [1.82, 2.24) is 0 Å². The highest BCUT2D eigenvalue weighted by molar-refractivity contribution is 14.1. The van der Waals surface area contributed by atoms with Crippen molar-refractivity contribution in [2.75, 3.05) is 5.88 Å². The van der Waals surface area contributed by atoms with Crippen LogP contribution >= 0.6 is 34.2 Å². The van der Waals surface area contributed by atoms with Crippen LogP contribution in [0.4, 0.5) is 26.3 Å². The molecular weight excluding hydrogens is 573 g/mol. The fraction of sp³-hybridized carbons (Fsp3) is 0.682.